The van der Waals surface area contributed by atoms with Gasteiger partial charge in [0.1, 0.15) is 0 Å². The number of hydrogen-bond donors (Lipinski definition) is 1. The Bertz CT molecular complexity index is 422. The molecular weight excluding hydrogens is 226 g/mol. The number of nitrogens with one attached hydrogen (secondary N) is 1. The van der Waals surface area contributed by atoms with Crippen LogP contribution in [0, 0.1) is 5.92 Å². The molecule has 1 saturated heterocycles. The lowest BCUT2D eigenvalue weighted by Crippen LogP contribution is -2.37. The van der Waals surface area contributed by atoms with Crippen molar-refractivity contribution in [2.45, 2.75) is 51.4 Å². The van der Waals surface area contributed by atoms with Gasteiger partial charge in [0.25, 0.3) is 0 Å². The summed E-state index contributed by atoms with van der Waals surface area (Å²) >= 11 is 0. The molecule has 2 heterocycles. The van der Waals surface area contributed by atoms with Crippen molar-refractivity contribution in [3.63, 3.8) is 0 Å². The van der Waals surface area contributed by atoms with Gasteiger partial charge in [0.05, 0.1) is 22.9 Å². The molecule has 0 aromatic carbocycles. The minimum absolute atomic E-state index is 0.0575. The molecule has 0 saturated carbocycles. The fourth-order valence-corrected chi connectivity index (χ4v) is 3.28. The molecule has 1 aliphatic heterocycles. The number of ether oxygens (including phenoxy) is 1. The predicted molar refractivity (Wildman–Crippen MR) is 72.4 cm³/mol. The van der Waals surface area contributed by atoms with Crippen LogP contribution in [0.2, 0.25) is 0 Å². The first kappa shape index (κ1) is 13.6. The average molecular weight is 251 g/mol. The summed E-state index contributed by atoms with van der Waals surface area (Å²) in [5.74, 6) is 0.424. The van der Waals surface area contributed by atoms with Gasteiger partial charge < -0.3 is 10.1 Å². The molecule has 2 rings (SSSR count). The van der Waals surface area contributed by atoms with E-state index >= 15 is 0 Å². The highest BCUT2D eigenvalue weighted by molar-refractivity contribution is 5.12. The van der Waals surface area contributed by atoms with E-state index in [4.69, 9.17) is 4.74 Å². The van der Waals surface area contributed by atoms with Gasteiger partial charge in [0.2, 0.25) is 0 Å². The van der Waals surface area contributed by atoms with Crippen LogP contribution in [-0.4, -0.2) is 28.0 Å². The van der Waals surface area contributed by atoms with Crippen LogP contribution in [0.5, 0.6) is 0 Å². The summed E-state index contributed by atoms with van der Waals surface area (Å²) in [6.45, 7) is 8.69. The minimum atomic E-state index is -0.130. The highest BCUT2D eigenvalue weighted by Crippen LogP contribution is 2.47. The molecule has 0 bridgehead atoms. The van der Waals surface area contributed by atoms with Crippen LogP contribution < -0.4 is 5.32 Å². The van der Waals surface area contributed by atoms with Gasteiger partial charge in [-0.25, -0.2) is 0 Å². The number of rotatable bonds is 3. The van der Waals surface area contributed by atoms with E-state index in [9.17, 15) is 0 Å². The molecule has 1 N–H and O–H groups in total. The maximum atomic E-state index is 6.19. The smallest absolute Gasteiger partial charge is 0.0797 e. The zero-order chi connectivity index (χ0) is 13.6. The summed E-state index contributed by atoms with van der Waals surface area (Å²) in [5.41, 5.74) is 0.909. The third-order valence-corrected chi connectivity index (χ3v) is 3.91. The van der Waals surface area contributed by atoms with Crippen molar-refractivity contribution in [1.82, 2.24) is 15.1 Å². The van der Waals surface area contributed by atoms with E-state index in [0.29, 0.717) is 5.92 Å². The van der Waals surface area contributed by atoms with Crippen LogP contribution in [-0.2, 0) is 11.8 Å². The van der Waals surface area contributed by atoms with Gasteiger partial charge >= 0.3 is 0 Å². The van der Waals surface area contributed by atoms with Crippen LogP contribution in [0.4, 0.5) is 0 Å². The van der Waals surface area contributed by atoms with Gasteiger partial charge in [-0.2, -0.15) is 5.10 Å². The van der Waals surface area contributed by atoms with Crippen LogP contribution in [0.1, 0.15) is 45.9 Å². The lowest BCUT2D eigenvalue weighted by molar-refractivity contribution is -0.0778. The number of hydrogen-bond acceptors (Lipinski definition) is 3. The van der Waals surface area contributed by atoms with Crippen molar-refractivity contribution < 1.29 is 4.74 Å². The maximum absolute atomic E-state index is 6.19. The monoisotopic (exact) mass is 251 g/mol. The molecule has 0 aliphatic carbocycles. The highest BCUT2D eigenvalue weighted by atomic mass is 16.5. The Labute approximate surface area is 110 Å². The predicted octanol–water partition coefficient (Wildman–Crippen LogP) is 2.27. The van der Waals surface area contributed by atoms with E-state index < -0.39 is 0 Å². The molecule has 18 heavy (non-hydrogen) atoms. The van der Waals surface area contributed by atoms with Crippen molar-refractivity contribution in [2.75, 3.05) is 7.05 Å². The number of nitrogens with zero attached hydrogens (tertiary/aromatic N) is 2. The van der Waals surface area contributed by atoms with Crippen molar-refractivity contribution in [2.24, 2.45) is 13.0 Å². The second-order valence-corrected chi connectivity index (χ2v) is 6.46. The third-order valence-electron chi connectivity index (χ3n) is 3.91. The van der Waals surface area contributed by atoms with Crippen LogP contribution in [0.25, 0.3) is 0 Å². The molecule has 1 aromatic heterocycles. The average Bonchev–Trinajstić information content (AvgIpc) is 2.70. The Morgan fingerprint density at radius 3 is 2.50 bits per heavy atom. The van der Waals surface area contributed by atoms with Gasteiger partial charge in [-0.3, -0.25) is 4.68 Å². The SMILES string of the molecule is CNC(c1ccn(C)n1)C1CC(C)(C)OC1(C)C. The second kappa shape index (κ2) is 4.35. The lowest BCUT2D eigenvalue weighted by atomic mass is 9.80. The Morgan fingerprint density at radius 1 is 1.44 bits per heavy atom. The molecule has 1 aliphatic rings. The normalized spacial score (nSPS) is 27.3. The topological polar surface area (TPSA) is 39.1 Å². The van der Waals surface area contributed by atoms with Crippen molar-refractivity contribution in [1.29, 1.82) is 0 Å². The molecular formula is C14H25N3O. The second-order valence-electron chi connectivity index (χ2n) is 6.46. The van der Waals surface area contributed by atoms with Gasteiger partial charge in [-0.15, -0.1) is 0 Å². The van der Waals surface area contributed by atoms with Crippen LogP contribution >= 0.6 is 0 Å². The molecule has 4 heteroatoms. The number of aryl methyl sites for hydroxylation is 1. The van der Waals surface area contributed by atoms with Crippen molar-refractivity contribution in [3.8, 4) is 0 Å². The summed E-state index contributed by atoms with van der Waals surface area (Å²) in [6.07, 6.45) is 3.04. The molecule has 2 atom stereocenters. The summed E-state index contributed by atoms with van der Waals surface area (Å²) < 4.78 is 8.04. The first-order chi connectivity index (χ1) is 8.25. The Hall–Kier alpha value is -0.870. The zero-order valence-electron chi connectivity index (χ0n) is 12.3. The standard InChI is InChI=1S/C14H25N3O/c1-13(2)9-10(14(3,4)18-13)12(15-5)11-7-8-17(6)16-11/h7-8,10,12,15H,9H2,1-6H3. The van der Waals surface area contributed by atoms with E-state index in [1.807, 2.05) is 25.0 Å². The molecule has 0 amide bonds. The van der Waals surface area contributed by atoms with Gasteiger partial charge in [0.15, 0.2) is 0 Å². The highest BCUT2D eigenvalue weighted by Gasteiger charge is 2.49. The van der Waals surface area contributed by atoms with Crippen molar-refractivity contribution in [3.05, 3.63) is 18.0 Å². The van der Waals surface area contributed by atoms with Gasteiger partial charge in [-0.05, 0) is 47.2 Å². The Balaban J connectivity index is 2.28. The summed E-state index contributed by atoms with van der Waals surface area (Å²) in [4.78, 5) is 0. The molecule has 102 valence electrons. The molecule has 4 nitrogen and oxygen atoms in total. The van der Waals surface area contributed by atoms with Gasteiger partial charge in [-0.1, -0.05) is 0 Å². The summed E-state index contributed by atoms with van der Waals surface area (Å²) in [6, 6.07) is 2.32. The first-order valence-electron chi connectivity index (χ1n) is 6.62. The molecule has 2 unspecified atom stereocenters. The molecule has 1 aromatic rings. The fourth-order valence-electron chi connectivity index (χ4n) is 3.28. The van der Waals surface area contributed by atoms with Crippen LogP contribution in [0.15, 0.2) is 12.3 Å². The van der Waals surface area contributed by atoms with E-state index in [2.05, 4.69) is 44.2 Å². The molecule has 1 fully saturated rings. The molecule has 0 radical (unpaired) electrons. The third kappa shape index (κ3) is 2.45. The van der Waals surface area contributed by atoms with E-state index in [0.717, 1.165) is 12.1 Å². The summed E-state index contributed by atoms with van der Waals surface area (Å²) in [5, 5.41) is 7.95. The largest absolute Gasteiger partial charge is 0.369 e. The van der Waals surface area contributed by atoms with Crippen molar-refractivity contribution >= 4 is 0 Å². The fraction of sp³-hybridized carbons (Fsp3) is 0.786. The van der Waals surface area contributed by atoms with E-state index in [-0.39, 0.29) is 17.2 Å². The Kier molecular flexibility index (Phi) is 3.28. The first-order valence-corrected chi connectivity index (χ1v) is 6.62. The van der Waals surface area contributed by atoms with Gasteiger partial charge in [0, 0.05) is 19.2 Å². The number of aromatic nitrogens is 2. The van der Waals surface area contributed by atoms with Crippen LogP contribution in [0.3, 0.4) is 0 Å². The maximum Gasteiger partial charge on any atom is 0.0797 e. The zero-order valence-corrected chi connectivity index (χ0v) is 12.3. The van der Waals surface area contributed by atoms with E-state index in [1.54, 1.807) is 0 Å². The minimum Gasteiger partial charge on any atom is -0.369 e. The summed E-state index contributed by atoms with van der Waals surface area (Å²) in [7, 11) is 3.96. The van der Waals surface area contributed by atoms with E-state index in [1.165, 1.54) is 0 Å². The Morgan fingerprint density at radius 2 is 2.11 bits per heavy atom. The molecule has 0 spiro atoms. The quantitative estimate of drug-likeness (QED) is 0.895. The lowest BCUT2D eigenvalue weighted by Gasteiger charge is -2.32.